The van der Waals surface area contributed by atoms with E-state index < -0.39 is 11.8 Å². The van der Waals surface area contributed by atoms with Crippen molar-refractivity contribution in [2.24, 2.45) is 0 Å². The first-order valence-electron chi connectivity index (χ1n) is 7.44. The SMILES string of the molecule is COC(=O)CC[C@@]12C=CC(=O)N1[C@@H](c1ccc(OC)cc1)OC2. The standard InChI is InChI=1S/C17H19NO5/c1-21-13-5-3-12(4-6-13)16-18-14(19)7-9-17(18,11-23-16)10-8-15(20)22-2/h3-7,9,16H,8,10-11H2,1-2H3/t16-,17-/m1/s1. The molecule has 6 nitrogen and oxygen atoms in total. The fraction of sp³-hybridized carbons (Fsp3) is 0.412. The summed E-state index contributed by atoms with van der Waals surface area (Å²) in [4.78, 5) is 25.5. The molecule has 0 radical (unpaired) electrons. The lowest BCUT2D eigenvalue weighted by Crippen LogP contribution is -2.44. The van der Waals surface area contributed by atoms with E-state index in [1.807, 2.05) is 30.3 Å². The second kappa shape index (κ2) is 6.04. The summed E-state index contributed by atoms with van der Waals surface area (Å²) >= 11 is 0. The zero-order valence-corrected chi connectivity index (χ0v) is 13.2. The van der Waals surface area contributed by atoms with Crippen molar-refractivity contribution in [3.63, 3.8) is 0 Å². The molecule has 0 bridgehead atoms. The molecule has 0 aliphatic carbocycles. The highest BCUT2D eigenvalue weighted by Crippen LogP contribution is 2.44. The average molecular weight is 317 g/mol. The third-order valence-electron chi connectivity index (χ3n) is 4.37. The second-order valence-corrected chi connectivity index (χ2v) is 5.66. The molecule has 1 saturated heterocycles. The van der Waals surface area contributed by atoms with Crippen molar-refractivity contribution in [1.29, 1.82) is 0 Å². The predicted molar refractivity (Wildman–Crippen MR) is 81.7 cm³/mol. The Bertz CT molecular complexity index is 639. The molecule has 2 heterocycles. The van der Waals surface area contributed by atoms with Crippen LogP contribution >= 0.6 is 0 Å². The Morgan fingerprint density at radius 3 is 2.74 bits per heavy atom. The molecule has 0 aromatic heterocycles. The van der Waals surface area contributed by atoms with Gasteiger partial charge < -0.3 is 14.2 Å². The molecule has 0 N–H and O–H groups in total. The van der Waals surface area contributed by atoms with Crippen molar-refractivity contribution >= 4 is 11.9 Å². The smallest absolute Gasteiger partial charge is 0.305 e. The van der Waals surface area contributed by atoms with Gasteiger partial charge in [0.1, 0.15) is 5.75 Å². The quantitative estimate of drug-likeness (QED) is 0.775. The Morgan fingerprint density at radius 1 is 1.35 bits per heavy atom. The molecular formula is C17H19NO5. The van der Waals surface area contributed by atoms with Gasteiger partial charge in [-0.1, -0.05) is 18.2 Å². The summed E-state index contributed by atoms with van der Waals surface area (Å²) in [6.07, 6.45) is 3.65. The van der Waals surface area contributed by atoms with Gasteiger partial charge in [0.25, 0.3) is 0 Å². The minimum Gasteiger partial charge on any atom is -0.497 e. The number of ether oxygens (including phenoxy) is 3. The first-order chi connectivity index (χ1) is 11.1. The maximum Gasteiger partial charge on any atom is 0.305 e. The zero-order valence-electron chi connectivity index (χ0n) is 13.2. The van der Waals surface area contributed by atoms with Crippen LogP contribution in [0.3, 0.4) is 0 Å². The molecule has 6 heteroatoms. The zero-order chi connectivity index (χ0) is 16.4. The van der Waals surface area contributed by atoms with Gasteiger partial charge >= 0.3 is 5.97 Å². The third-order valence-corrected chi connectivity index (χ3v) is 4.37. The van der Waals surface area contributed by atoms with Crippen molar-refractivity contribution in [2.75, 3.05) is 20.8 Å². The molecule has 2 aliphatic heterocycles. The van der Waals surface area contributed by atoms with Crippen LogP contribution in [0.25, 0.3) is 0 Å². The fourth-order valence-corrected chi connectivity index (χ4v) is 3.08. The highest BCUT2D eigenvalue weighted by molar-refractivity contribution is 5.92. The van der Waals surface area contributed by atoms with E-state index >= 15 is 0 Å². The van der Waals surface area contributed by atoms with E-state index in [2.05, 4.69) is 0 Å². The molecule has 0 unspecified atom stereocenters. The molecule has 0 saturated carbocycles. The summed E-state index contributed by atoms with van der Waals surface area (Å²) in [5, 5.41) is 0. The van der Waals surface area contributed by atoms with E-state index in [9.17, 15) is 9.59 Å². The minimum atomic E-state index is -0.574. The number of amides is 1. The van der Waals surface area contributed by atoms with Gasteiger partial charge in [0.15, 0.2) is 6.23 Å². The molecule has 0 spiro atoms. The number of carbonyl (C=O) groups is 2. The molecular weight excluding hydrogens is 298 g/mol. The summed E-state index contributed by atoms with van der Waals surface area (Å²) in [5.74, 6) is 0.350. The summed E-state index contributed by atoms with van der Waals surface area (Å²) in [5.41, 5.74) is 0.304. The lowest BCUT2D eigenvalue weighted by Gasteiger charge is -2.32. The average Bonchev–Trinajstić information content (AvgIpc) is 3.11. The van der Waals surface area contributed by atoms with Crippen LogP contribution in [0.2, 0.25) is 0 Å². The number of nitrogens with zero attached hydrogens (tertiary/aromatic N) is 1. The number of esters is 1. The van der Waals surface area contributed by atoms with E-state index in [4.69, 9.17) is 14.2 Å². The summed E-state index contributed by atoms with van der Waals surface area (Å²) in [6, 6.07) is 7.43. The van der Waals surface area contributed by atoms with Crippen LogP contribution in [0.5, 0.6) is 5.75 Å². The van der Waals surface area contributed by atoms with Gasteiger partial charge in [-0.25, -0.2) is 0 Å². The lowest BCUT2D eigenvalue weighted by molar-refractivity contribution is -0.142. The van der Waals surface area contributed by atoms with Gasteiger partial charge in [-0.15, -0.1) is 0 Å². The molecule has 2 atom stereocenters. The minimum absolute atomic E-state index is 0.104. The maximum absolute atomic E-state index is 12.3. The van der Waals surface area contributed by atoms with Crippen molar-refractivity contribution in [2.45, 2.75) is 24.6 Å². The number of fused-ring (bicyclic) bond motifs is 1. The van der Waals surface area contributed by atoms with Crippen LogP contribution in [-0.4, -0.2) is 43.1 Å². The van der Waals surface area contributed by atoms with Gasteiger partial charge in [-0.3, -0.25) is 14.5 Å². The second-order valence-electron chi connectivity index (χ2n) is 5.66. The monoisotopic (exact) mass is 317 g/mol. The summed E-state index contributed by atoms with van der Waals surface area (Å²) in [7, 11) is 2.96. The van der Waals surface area contributed by atoms with Gasteiger partial charge in [-0.2, -0.15) is 0 Å². The first-order valence-corrected chi connectivity index (χ1v) is 7.44. The topological polar surface area (TPSA) is 65.1 Å². The molecule has 2 aliphatic rings. The van der Waals surface area contributed by atoms with Gasteiger partial charge in [0.05, 0.1) is 26.4 Å². The first kappa shape index (κ1) is 15.6. The molecule has 1 amide bonds. The third kappa shape index (κ3) is 2.70. The van der Waals surface area contributed by atoms with Crippen molar-refractivity contribution in [3.05, 3.63) is 42.0 Å². The fourth-order valence-electron chi connectivity index (χ4n) is 3.08. The van der Waals surface area contributed by atoms with Crippen LogP contribution in [0, 0.1) is 0 Å². The Hall–Kier alpha value is -2.34. The Kier molecular flexibility index (Phi) is 4.09. The molecule has 1 aromatic carbocycles. The Morgan fingerprint density at radius 2 is 2.09 bits per heavy atom. The highest BCUT2D eigenvalue weighted by Gasteiger charge is 2.51. The van der Waals surface area contributed by atoms with Crippen LogP contribution in [0.4, 0.5) is 0 Å². The molecule has 1 aromatic rings. The summed E-state index contributed by atoms with van der Waals surface area (Å²) < 4.78 is 15.7. The molecule has 1 fully saturated rings. The summed E-state index contributed by atoms with van der Waals surface area (Å²) in [6.45, 7) is 0.364. The number of hydrogen-bond acceptors (Lipinski definition) is 5. The Labute approximate surface area is 134 Å². The number of methoxy groups -OCH3 is 2. The molecule has 23 heavy (non-hydrogen) atoms. The van der Waals surface area contributed by atoms with Crippen LogP contribution in [0.1, 0.15) is 24.6 Å². The van der Waals surface area contributed by atoms with E-state index in [-0.39, 0.29) is 18.3 Å². The normalized spacial score (nSPS) is 25.6. The van der Waals surface area contributed by atoms with Crippen LogP contribution < -0.4 is 4.74 Å². The van der Waals surface area contributed by atoms with Gasteiger partial charge in [-0.05, 0) is 18.6 Å². The van der Waals surface area contributed by atoms with E-state index in [0.29, 0.717) is 13.0 Å². The van der Waals surface area contributed by atoms with E-state index in [1.54, 1.807) is 18.1 Å². The molecule has 122 valence electrons. The van der Waals surface area contributed by atoms with Gasteiger partial charge in [0, 0.05) is 18.1 Å². The highest BCUT2D eigenvalue weighted by atomic mass is 16.5. The van der Waals surface area contributed by atoms with Gasteiger partial charge in [0.2, 0.25) is 5.91 Å². The van der Waals surface area contributed by atoms with Crippen molar-refractivity contribution in [3.8, 4) is 5.75 Å². The van der Waals surface area contributed by atoms with Crippen LogP contribution in [-0.2, 0) is 19.1 Å². The number of carbonyl (C=O) groups excluding carboxylic acids is 2. The largest absolute Gasteiger partial charge is 0.497 e. The molecule has 3 rings (SSSR count). The van der Waals surface area contributed by atoms with E-state index in [0.717, 1.165) is 11.3 Å². The van der Waals surface area contributed by atoms with Crippen LogP contribution in [0.15, 0.2) is 36.4 Å². The van der Waals surface area contributed by atoms with E-state index in [1.165, 1.54) is 7.11 Å². The number of benzene rings is 1. The predicted octanol–water partition coefficient (Wildman–Crippen LogP) is 1.81. The lowest BCUT2D eigenvalue weighted by atomic mass is 9.94. The number of rotatable bonds is 5. The number of hydrogen-bond donors (Lipinski definition) is 0. The van der Waals surface area contributed by atoms with Crippen molar-refractivity contribution in [1.82, 2.24) is 4.90 Å². The Balaban J connectivity index is 1.82. The maximum atomic E-state index is 12.3. The van der Waals surface area contributed by atoms with Crippen molar-refractivity contribution < 1.29 is 23.8 Å².